The van der Waals surface area contributed by atoms with E-state index in [0.717, 1.165) is 20.9 Å². The molecule has 0 saturated heterocycles. The van der Waals surface area contributed by atoms with Gasteiger partial charge in [-0.2, -0.15) is 0 Å². The lowest BCUT2D eigenvalue weighted by molar-refractivity contribution is 0.101. The first-order valence-corrected chi connectivity index (χ1v) is 7.71. The average molecular weight is 317 g/mol. The lowest BCUT2D eigenvalue weighted by Crippen LogP contribution is -2.13. The van der Waals surface area contributed by atoms with Crippen LogP contribution in [0.5, 0.6) is 0 Å². The first-order chi connectivity index (χ1) is 10.1. The first kappa shape index (κ1) is 14.0. The fraction of sp³-hybridized carbons (Fsp3) is 0.125. The quantitative estimate of drug-likeness (QED) is 0.718. The van der Waals surface area contributed by atoms with E-state index in [2.05, 4.69) is 10.3 Å². The van der Waals surface area contributed by atoms with Gasteiger partial charge in [0.15, 0.2) is 10.9 Å². The number of benzene rings is 2. The maximum atomic E-state index is 12.1. The number of hydrogen-bond donors (Lipinski definition) is 1. The normalized spacial score (nSPS) is 10.8. The van der Waals surface area contributed by atoms with Crippen LogP contribution in [0.2, 0.25) is 5.02 Å². The van der Waals surface area contributed by atoms with E-state index in [1.807, 2.05) is 49.4 Å². The molecule has 0 amide bonds. The number of carbonyl (C=O) groups excluding carboxylic acids is 1. The molecule has 3 rings (SSSR count). The number of thiazole rings is 1. The largest absolute Gasteiger partial charge is 0.354 e. The highest BCUT2D eigenvalue weighted by atomic mass is 35.5. The number of halogens is 1. The van der Waals surface area contributed by atoms with Gasteiger partial charge in [-0.15, -0.1) is 0 Å². The summed E-state index contributed by atoms with van der Waals surface area (Å²) in [5.74, 6) is 0.0484. The van der Waals surface area contributed by atoms with Crippen molar-refractivity contribution in [3.63, 3.8) is 0 Å². The zero-order chi connectivity index (χ0) is 14.8. The Hall–Kier alpha value is -1.91. The van der Waals surface area contributed by atoms with Crippen molar-refractivity contribution in [3.8, 4) is 0 Å². The minimum absolute atomic E-state index is 0.0484. The molecule has 1 N–H and O–H groups in total. The summed E-state index contributed by atoms with van der Waals surface area (Å²) in [4.78, 5) is 16.5. The van der Waals surface area contributed by atoms with Crippen LogP contribution in [0.1, 0.15) is 15.9 Å². The van der Waals surface area contributed by atoms with Crippen molar-refractivity contribution in [2.75, 3.05) is 11.9 Å². The van der Waals surface area contributed by atoms with E-state index in [9.17, 15) is 4.79 Å². The molecule has 106 valence electrons. The van der Waals surface area contributed by atoms with Crippen LogP contribution in [0, 0.1) is 6.92 Å². The highest BCUT2D eigenvalue weighted by Crippen LogP contribution is 2.28. The van der Waals surface area contributed by atoms with E-state index < -0.39 is 0 Å². The number of nitrogens with zero attached hydrogens (tertiary/aromatic N) is 1. The maximum Gasteiger partial charge on any atom is 0.184 e. The molecule has 0 radical (unpaired) electrons. The second-order valence-electron chi connectivity index (χ2n) is 4.77. The zero-order valence-electron chi connectivity index (χ0n) is 11.4. The van der Waals surface area contributed by atoms with Crippen LogP contribution >= 0.6 is 22.9 Å². The van der Waals surface area contributed by atoms with Crippen LogP contribution in [0.25, 0.3) is 10.2 Å². The van der Waals surface area contributed by atoms with Crippen LogP contribution in [0.4, 0.5) is 5.13 Å². The Kier molecular flexibility index (Phi) is 3.90. The van der Waals surface area contributed by atoms with Gasteiger partial charge in [-0.1, -0.05) is 52.8 Å². The van der Waals surface area contributed by atoms with E-state index >= 15 is 0 Å². The van der Waals surface area contributed by atoms with E-state index in [-0.39, 0.29) is 12.3 Å². The molecule has 0 bridgehead atoms. The molecule has 3 nitrogen and oxygen atoms in total. The van der Waals surface area contributed by atoms with E-state index in [1.54, 1.807) is 0 Å². The molecule has 1 heterocycles. The fourth-order valence-corrected chi connectivity index (χ4v) is 3.11. The van der Waals surface area contributed by atoms with Crippen LogP contribution < -0.4 is 5.32 Å². The van der Waals surface area contributed by atoms with Crippen molar-refractivity contribution in [3.05, 3.63) is 58.6 Å². The summed E-state index contributed by atoms with van der Waals surface area (Å²) in [6.45, 7) is 2.23. The van der Waals surface area contributed by atoms with Crippen LogP contribution in [0.15, 0.2) is 42.5 Å². The topological polar surface area (TPSA) is 42.0 Å². The van der Waals surface area contributed by atoms with E-state index in [1.165, 1.54) is 11.3 Å². The smallest absolute Gasteiger partial charge is 0.184 e. The third-order valence-electron chi connectivity index (χ3n) is 3.12. The molecule has 0 aliphatic carbocycles. The molecule has 3 aromatic rings. The van der Waals surface area contributed by atoms with Gasteiger partial charge < -0.3 is 5.32 Å². The van der Waals surface area contributed by atoms with Crippen molar-refractivity contribution < 1.29 is 4.79 Å². The lowest BCUT2D eigenvalue weighted by atomic mass is 10.1. The minimum Gasteiger partial charge on any atom is -0.354 e. The van der Waals surface area contributed by atoms with Crippen molar-refractivity contribution in [2.24, 2.45) is 0 Å². The van der Waals surface area contributed by atoms with Gasteiger partial charge in [-0.25, -0.2) is 4.98 Å². The second-order valence-corrected chi connectivity index (χ2v) is 6.24. The van der Waals surface area contributed by atoms with Gasteiger partial charge in [0.2, 0.25) is 0 Å². The summed E-state index contributed by atoms with van der Waals surface area (Å²) < 4.78 is 1.01. The minimum atomic E-state index is 0.0484. The Morgan fingerprint density at radius 2 is 2.00 bits per heavy atom. The Morgan fingerprint density at radius 1 is 1.24 bits per heavy atom. The summed E-state index contributed by atoms with van der Waals surface area (Å²) in [7, 11) is 0. The molecule has 0 aliphatic rings. The summed E-state index contributed by atoms with van der Waals surface area (Å²) in [5, 5.41) is 4.50. The van der Waals surface area contributed by atoms with Gasteiger partial charge in [0.25, 0.3) is 0 Å². The van der Waals surface area contributed by atoms with Crippen LogP contribution in [0.3, 0.4) is 0 Å². The van der Waals surface area contributed by atoms with Gasteiger partial charge in [0.1, 0.15) is 0 Å². The van der Waals surface area contributed by atoms with Crippen molar-refractivity contribution in [1.29, 1.82) is 0 Å². The SMILES string of the molecule is Cc1ccc(C(=O)CNc2nc3ccc(Cl)cc3s2)cc1. The zero-order valence-corrected chi connectivity index (χ0v) is 13.0. The standard InChI is InChI=1S/C16H13ClN2OS/c1-10-2-4-11(5-3-10)14(20)9-18-16-19-13-7-6-12(17)8-15(13)21-16/h2-8H,9H2,1H3,(H,18,19). The first-order valence-electron chi connectivity index (χ1n) is 6.52. The number of rotatable bonds is 4. The molecular weight excluding hydrogens is 304 g/mol. The second kappa shape index (κ2) is 5.84. The van der Waals surface area contributed by atoms with Crippen molar-refractivity contribution in [1.82, 2.24) is 4.98 Å². The highest BCUT2D eigenvalue weighted by molar-refractivity contribution is 7.22. The number of anilines is 1. The average Bonchev–Trinajstić information content (AvgIpc) is 2.87. The molecule has 1 aromatic heterocycles. The molecule has 21 heavy (non-hydrogen) atoms. The number of aryl methyl sites for hydroxylation is 1. The number of Topliss-reactive ketones (excluding diaryl/α,β-unsaturated/α-hetero) is 1. The van der Waals surface area contributed by atoms with E-state index in [0.29, 0.717) is 10.6 Å². The maximum absolute atomic E-state index is 12.1. The van der Waals surface area contributed by atoms with Crippen molar-refractivity contribution >= 4 is 44.1 Å². The van der Waals surface area contributed by atoms with Crippen molar-refractivity contribution in [2.45, 2.75) is 6.92 Å². The van der Waals surface area contributed by atoms with Gasteiger partial charge in [-0.3, -0.25) is 4.79 Å². The third kappa shape index (κ3) is 3.23. The Morgan fingerprint density at radius 3 is 2.76 bits per heavy atom. The monoisotopic (exact) mass is 316 g/mol. The summed E-state index contributed by atoms with van der Waals surface area (Å²) >= 11 is 7.44. The molecule has 5 heteroatoms. The van der Waals surface area contributed by atoms with E-state index in [4.69, 9.17) is 11.6 Å². The van der Waals surface area contributed by atoms with Gasteiger partial charge in [0.05, 0.1) is 16.8 Å². The molecule has 0 fully saturated rings. The van der Waals surface area contributed by atoms with Gasteiger partial charge in [-0.05, 0) is 25.1 Å². The Balaban J connectivity index is 1.71. The number of nitrogens with one attached hydrogen (secondary N) is 1. The number of fused-ring (bicyclic) bond motifs is 1. The molecule has 2 aromatic carbocycles. The predicted molar refractivity (Wildman–Crippen MR) is 88.6 cm³/mol. The summed E-state index contributed by atoms with van der Waals surface area (Å²) in [6, 6.07) is 13.1. The fourth-order valence-electron chi connectivity index (χ4n) is 1.97. The van der Waals surface area contributed by atoms with Gasteiger partial charge >= 0.3 is 0 Å². The van der Waals surface area contributed by atoms with Crippen LogP contribution in [-0.4, -0.2) is 17.3 Å². The Bertz CT molecular complexity index is 796. The Labute approximate surface area is 131 Å². The number of hydrogen-bond acceptors (Lipinski definition) is 4. The molecule has 0 atom stereocenters. The third-order valence-corrected chi connectivity index (χ3v) is 4.34. The van der Waals surface area contributed by atoms with Crippen LogP contribution in [-0.2, 0) is 0 Å². The summed E-state index contributed by atoms with van der Waals surface area (Å²) in [5.41, 5.74) is 2.73. The number of carbonyl (C=O) groups is 1. The lowest BCUT2D eigenvalue weighted by Gasteiger charge is -2.02. The highest BCUT2D eigenvalue weighted by Gasteiger charge is 2.08. The molecular formula is C16H13ClN2OS. The molecule has 0 aliphatic heterocycles. The predicted octanol–water partition coefficient (Wildman–Crippen LogP) is 4.55. The molecule has 0 spiro atoms. The molecule has 0 saturated carbocycles. The number of aromatic nitrogens is 1. The number of ketones is 1. The molecule has 0 unspecified atom stereocenters. The summed E-state index contributed by atoms with van der Waals surface area (Å²) in [6.07, 6.45) is 0. The van der Waals surface area contributed by atoms with Gasteiger partial charge in [0, 0.05) is 10.6 Å².